The largest absolute Gasteiger partial charge is 0.394 e. The lowest BCUT2D eigenvalue weighted by molar-refractivity contribution is -0.141. The Bertz CT molecular complexity index is 1310. The van der Waals surface area contributed by atoms with Crippen molar-refractivity contribution in [2.24, 2.45) is 11.8 Å². The highest BCUT2D eigenvalue weighted by Crippen LogP contribution is 2.67. The summed E-state index contributed by atoms with van der Waals surface area (Å²) < 4.78 is -0.773. The molecule has 2 bridgehead atoms. The zero-order valence-corrected chi connectivity index (χ0v) is 24.1. The molecule has 3 heterocycles. The van der Waals surface area contributed by atoms with E-state index in [1.54, 1.807) is 69.8 Å². The molecule has 0 saturated carbocycles. The third-order valence-corrected chi connectivity index (χ3v) is 10.6. The summed E-state index contributed by atoms with van der Waals surface area (Å²) in [6, 6.07) is 15.0. The van der Waals surface area contributed by atoms with Crippen molar-refractivity contribution in [2.45, 2.75) is 41.8 Å². The van der Waals surface area contributed by atoms with Crippen LogP contribution >= 0.6 is 23.4 Å². The molecule has 3 aliphatic heterocycles. The number of carbonyl (C=O) groups is 3. The van der Waals surface area contributed by atoms with Crippen molar-refractivity contribution in [3.8, 4) is 0 Å². The summed E-state index contributed by atoms with van der Waals surface area (Å²) in [6.07, 6.45) is 4.71. The Labute approximate surface area is 244 Å². The number of nitrogens with zero attached hydrogens (tertiary/aromatic N) is 3. The number of halogens is 1. The van der Waals surface area contributed by atoms with Gasteiger partial charge in [-0.05, 0) is 56.2 Å². The predicted octanol–water partition coefficient (Wildman–Crippen LogP) is 4.55. The van der Waals surface area contributed by atoms with Crippen LogP contribution in [0.25, 0.3) is 0 Å². The Balaban J connectivity index is 1.57. The fourth-order valence-corrected chi connectivity index (χ4v) is 8.99. The van der Waals surface area contributed by atoms with Gasteiger partial charge in [-0.25, -0.2) is 0 Å². The SMILES string of the molecule is C=CCN(C(=O)C1N([C@H](C)CO)C(=O)[C@@H]2[C@H](C(=O)N(CC=C)c3ccccc3)[C@@H]3CCC12S3)c1ccc(Cl)cc1. The average Bonchev–Trinajstić information content (AvgIpc) is 3.62. The van der Waals surface area contributed by atoms with E-state index in [2.05, 4.69) is 13.2 Å². The van der Waals surface area contributed by atoms with E-state index < -0.39 is 28.7 Å². The van der Waals surface area contributed by atoms with Crippen LogP contribution in [0.3, 0.4) is 0 Å². The minimum Gasteiger partial charge on any atom is -0.394 e. The van der Waals surface area contributed by atoms with E-state index in [9.17, 15) is 19.5 Å². The molecule has 0 aromatic heterocycles. The van der Waals surface area contributed by atoms with Crippen molar-refractivity contribution in [2.75, 3.05) is 29.5 Å². The molecule has 7 nitrogen and oxygen atoms in total. The number of rotatable bonds is 10. The zero-order chi connectivity index (χ0) is 28.6. The summed E-state index contributed by atoms with van der Waals surface area (Å²) in [5.74, 6) is -1.87. The molecular formula is C31H34ClN3O4S. The maximum absolute atomic E-state index is 14.5. The van der Waals surface area contributed by atoms with E-state index in [4.69, 9.17) is 11.6 Å². The van der Waals surface area contributed by atoms with Gasteiger partial charge in [-0.15, -0.1) is 24.9 Å². The van der Waals surface area contributed by atoms with Gasteiger partial charge >= 0.3 is 0 Å². The molecule has 3 aliphatic rings. The number of likely N-dealkylation sites (tertiary alicyclic amines) is 1. The van der Waals surface area contributed by atoms with Gasteiger partial charge in [0.2, 0.25) is 11.8 Å². The molecule has 3 fully saturated rings. The highest BCUT2D eigenvalue weighted by molar-refractivity contribution is 8.02. The highest BCUT2D eigenvalue weighted by atomic mass is 35.5. The Morgan fingerprint density at radius 2 is 1.68 bits per heavy atom. The number of carbonyl (C=O) groups excluding carboxylic acids is 3. The summed E-state index contributed by atoms with van der Waals surface area (Å²) in [5.41, 5.74) is 1.39. The van der Waals surface area contributed by atoms with Crippen LogP contribution in [0.5, 0.6) is 0 Å². The van der Waals surface area contributed by atoms with Crippen molar-refractivity contribution in [1.82, 2.24) is 4.90 Å². The van der Waals surface area contributed by atoms with Crippen LogP contribution in [-0.2, 0) is 14.4 Å². The smallest absolute Gasteiger partial charge is 0.251 e. The standard InChI is InChI=1S/C31H34ClN3O4S/c1-4-17-33(22-9-7-6-8-10-22)28(37)25-24-15-16-31(40-24)26(25)29(38)35(20(3)19-36)27(31)30(39)34(18-5-2)23-13-11-21(32)12-14-23/h4-14,20,24-27,36H,1-2,15-19H2,3H3/t20-,24+,25-,26+,27?,31?/m1/s1. The van der Waals surface area contributed by atoms with Gasteiger partial charge in [-0.3, -0.25) is 14.4 Å². The lowest BCUT2D eigenvalue weighted by Gasteiger charge is -2.39. The molecule has 2 aromatic carbocycles. The van der Waals surface area contributed by atoms with Crippen LogP contribution in [0.4, 0.5) is 11.4 Å². The van der Waals surface area contributed by atoms with Gasteiger partial charge in [0.15, 0.2) is 0 Å². The molecule has 6 atom stereocenters. The number of fused-ring (bicyclic) bond motifs is 1. The van der Waals surface area contributed by atoms with Gasteiger partial charge in [0.05, 0.1) is 29.2 Å². The first-order chi connectivity index (χ1) is 19.3. The normalized spacial score (nSPS) is 27.3. The van der Waals surface area contributed by atoms with E-state index in [0.29, 0.717) is 23.7 Å². The average molecular weight is 580 g/mol. The third-order valence-electron chi connectivity index (χ3n) is 8.36. The Hall–Kier alpha value is -3.07. The second-order valence-electron chi connectivity index (χ2n) is 10.6. The zero-order valence-electron chi connectivity index (χ0n) is 22.5. The molecule has 0 radical (unpaired) electrons. The van der Waals surface area contributed by atoms with Crippen LogP contribution in [-0.4, -0.2) is 69.5 Å². The second kappa shape index (κ2) is 11.4. The van der Waals surface area contributed by atoms with E-state index in [1.807, 2.05) is 30.3 Å². The number of para-hydroxylation sites is 1. The van der Waals surface area contributed by atoms with Crippen molar-refractivity contribution < 1.29 is 19.5 Å². The minimum absolute atomic E-state index is 0.0808. The maximum atomic E-state index is 14.5. The molecule has 2 unspecified atom stereocenters. The fourth-order valence-electron chi connectivity index (χ4n) is 6.67. The summed E-state index contributed by atoms with van der Waals surface area (Å²) >= 11 is 7.72. The Kier molecular flexibility index (Phi) is 8.13. The number of thioether (sulfide) groups is 1. The summed E-state index contributed by atoms with van der Waals surface area (Å²) in [5, 5.41) is 10.6. The number of aliphatic hydroxyl groups excluding tert-OH is 1. The van der Waals surface area contributed by atoms with Crippen LogP contribution in [0, 0.1) is 11.8 Å². The van der Waals surface area contributed by atoms with Crippen LogP contribution in [0.1, 0.15) is 19.8 Å². The first-order valence-corrected chi connectivity index (χ1v) is 14.8. The number of hydrogen-bond donors (Lipinski definition) is 1. The fraction of sp³-hybridized carbons (Fsp3) is 0.387. The van der Waals surface area contributed by atoms with Crippen LogP contribution < -0.4 is 9.80 Å². The first-order valence-electron chi connectivity index (χ1n) is 13.5. The Morgan fingerprint density at radius 3 is 2.27 bits per heavy atom. The topological polar surface area (TPSA) is 81.2 Å². The molecule has 3 saturated heterocycles. The van der Waals surface area contributed by atoms with Gasteiger partial charge in [-0.2, -0.15) is 0 Å². The number of benzene rings is 2. The highest BCUT2D eigenvalue weighted by Gasteiger charge is 2.74. The second-order valence-corrected chi connectivity index (χ2v) is 12.7. The molecule has 1 spiro atoms. The van der Waals surface area contributed by atoms with Crippen molar-refractivity contribution in [1.29, 1.82) is 0 Å². The Morgan fingerprint density at radius 1 is 1.07 bits per heavy atom. The molecule has 0 aliphatic carbocycles. The van der Waals surface area contributed by atoms with Gasteiger partial charge in [-0.1, -0.05) is 42.0 Å². The lowest BCUT2D eigenvalue weighted by Crippen LogP contribution is -2.57. The summed E-state index contributed by atoms with van der Waals surface area (Å²) in [7, 11) is 0. The quantitative estimate of drug-likeness (QED) is 0.418. The number of aliphatic hydroxyl groups is 1. The van der Waals surface area contributed by atoms with E-state index in [-0.39, 0.29) is 36.1 Å². The van der Waals surface area contributed by atoms with Gasteiger partial charge in [0.25, 0.3) is 5.91 Å². The van der Waals surface area contributed by atoms with Crippen molar-refractivity contribution in [3.63, 3.8) is 0 Å². The molecule has 9 heteroatoms. The third kappa shape index (κ3) is 4.56. The summed E-state index contributed by atoms with van der Waals surface area (Å²) in [4.78, 5) is 47.9. The molecule has 210 valence electrons. The monoisotopic (exact) mass is 579 g/mol. The first kappa shape index (κ1) is 28.5. The molecule has 2 aromatic rings. The lowest BCUT2D eigenvalue weighted by atomic mass is 9.70. The number of hydrogen-bond acceptors (Lipinski definition) is 5. The van der Waals surface area contributed by atoms with E-state index in [1.165, 1.54) is 0 Å². The van der Waals surface area contributed by atoms with Crippen LogP contribution in [0.2, 0.25) is 5.02 Å². The van der Waals surface area contributed by atoms with E-state index >= 15 is 0 Å². The van der Waals surface area contributed by atoms with Crippen molar-refractivity contribution >= 4 is 52.5 Å². The summed E-state index contributed by atoms with van der Waals surface area (Å²) in [6.45, 7) is 9.70. The molecular weight excluding hydrogens is 546 g/mol. The van der Waals surface area contributed by atoms with Gasteiger partial charge < -0.3 is 19.8 Å². The van der Waals surface area contributed by atoms with E-state index in [0.717, 1.165) is 12.1 Å². The van der Waals surface area contributed by atoms with Crippen LogP contribution in [0.15, 0.2) is 79.9 Å². The molecule has 5 rings (SSSR count). The van der Waals surface area contributed by atoms with Gasteiger partial charge in [0, 0.05) is 34.7 Å². The number of anilines is 2. The number of amides is 3. The molecule has 40 heavy (non-hydrogen) atoms. The molecule has 3 amide bonds. The maximum Gasteiger partial charge on any atom is 0.251 e. The minimum atomic E-state index is -0.833. The van der Waals surface area contributed by atoms with Crippen molar-refractivity contribution in [3.05, 3.63) is 84.9 Å². The predicted molar refractivity (Wildman–Crippen MR) is 160 cm³/mol. The molecule has 1 N–H and O–H groups in total. The van der Waals surface area contributed by atoms with Gasteiger partial charge in [0.1, 0.15) is 6.04 Å².